The summed E-state index contributed by atoms with van der Waals surface area (Å²) >= 11 is 0. The number of fused-ring (bicyclic) bond motifs is 1. The SMILES string of the molecule is O=C(CCS(=O)(=O)N1CCCCC1)Nc1ccc2c(c1)OCCO2. The summed E-state index contributed by atoms with van der Waals surface area (Å²) < 4.78 is 36.9. The van der Waals surface area contributed by atoms with Crippen LogP contribution in [0, 0.1) is 0 Å². The number of nitrogens with zero attached hydrogens (tertiary/aromatic N) is 1. The van der Waals surface area contributed by atoms with Crippen LogP contribution in [-0.4, -0.2) is 50.7 Å². The highest BCUT2D eigenvalue weighted by atomic mass is 32.2. The summed E-state index contributed by atoms with van der Waals surface area (Å²) in [6.07, 6.45) is 2.79. The number of benzene rings is 1. The largest absolute Gasteiger partial charge is 0.486 e. The molecule has 1 fully saturated rings. The molecule has 3 rings (SSSR count). The molecule has 0 aliphatic carbocycles. The zero-order valence-corrected chi connectivity index (χ0v) is 14.3. The van der Waals surface area contributed by atoms with Crippen LogP contribution >= 0.6 is 0 Å². The molecule has 8 heteroatoms. The Morgan fingerprint density at radius 1 is 1.08 bits per heavy atom. The van der Waals surface area contributed by atoms with E-state index >= 15 is 0 Å². The highest BCUT2D eigenvalue weighted by molar-refractivity contribution is 7.89. The topological polar surface area (TPSA) is 84.9 Å². The van der Waals surface area contributed by atoms with E-state index in [2.05, 4.69) is 5.32 Å². The highest BCUT2D eigenvalue weighted by Crippen LogP contribution is 2.32. The van der Waals surface area contributed by atoms with Crippen LogP contribution in [0.1, 0.15) is 25.7 Å². The molecular weight excluding hydrogens is 332 g/mol. The Hall–Kier alpha value is -1.80. The van der Waals surface area contributed by atoms with E-state index < -0.39 is 10.0 Å². The monoisotopic (exact) mass is 354 g/mol. The Bertz CT molecular complexity index is 698. The lowest BCUT2D eigenvalue weighted by molar-refractivity contribution is -0.115. The molecule has 132 valence electrons. The number of hydrogen-bond donors (Lipinski definition) is 1. The van der Waals surface area contributed by atoms with Crippen LogP contribution < -0.4 is 14.8 Å². The van der Waals surface area contributed by atoms with E-state index in [1.54, 1.807) is 18.2 Å². The molecule has 0 unspecified atom stereocenters. The van der Waals surface area contributed by atoms with E-state index in [0.717, 1.165) is 19.3 Å². The van der Waals surface area contributed by atoms with Gasteiger partial charge in [-0.1, -0.05) is 6.42 Å². The second-order valence-corrected chi connectivity index (χ2v) is 8.02. The van der Waals surface area contributed by atoms with Gasteiger partial charge in [0.2, 0.25) is 15.9 Å². The minimum atomic E-state index is -3.36. The lowest BCUT2D eigenvalue weighted by atomic mass is 10.2. The van der Waals surface area contributed by atoms with Crippen LogP contribution in [0.15, 0.2) is 18.2 Å². The molecule has 2 aliphatic rings. The third-order valence-electron chi connectivity index (χ3n) is 4.12. The van der Waals surface area contributed by atoms with Crippen molar-refractivity contribution in [3.8, 4) is 11.5 Å². The van der Waals surface area contributed by atoms with E-state index in [4.69, 9.17) is 9.47 Å². The summed E-state index contributed by atoms with van der Waals surface area (Å²) in [6, 6.07) is 5.13. The van der Waals surface area contributed by atoms with Gasteiger partial charge in [0.15, 0.2) is 11.5 Å². The van der Waals surface area contributed by atoms with Crippen molar-refractivity contribution < 1.29 is 22.7 Å². The van der Waals surface area contributed by atoms with Gasteiger partial charge in [0.05, 0.1) is 5.75 Å². The van der Waals surface area contributed by atoms with Crippen molar-refractivity contribution in [2.45, 2.75) is 25.7 Å². The molecular formula is C16H22N2O5S. The molecule has 0 saturated carbocycles. The number of nitrogens with one attached hydrogen (secondary N) is 1. The number of sulfonamides is 1. The summed E-state index contributed by atoms with van der Waals surface area (Å²) in [5, 5.41) is 2.71. The maximum absolute atomic E-state index is 12.2. The summed E-state index contributed by atoms with van der Waals surface area (Å²) in [6.45, 7) is 2.10. The molecule has 1 saturated heterocycles. The molecule has 0 bridgehead atoms. The van der Waals surface area contributed by atoms with Crippen LogP contribution in [0.2, 0.25) is 0 Å². The van der Waals surface area contributed by atoms with Gasteiger partial charge in [-0.3, -0.25) is 4.79 Å². The van der Waals surface area contributed by atoms with Crippen LogP contribution in [-0.2, 0) is 14.8 Å². The van der Waals surface area contributed by atoms with Gasteiger partial charge in [-0.25, -0.2) is 12.7 Å². The summed E-state index contributed by atoms with van der Waals surface area (Å²) in [7, 11) is -3.36. The fourth-order valence-electron chi connectivity index (χ4n) is 2.84. The van der Waals surface area contributed by atoms with E-state index in [0.29, 0.717) is 43.5 Å². The minimum Gasteiger partial charge on any atom is -0.486 e. The van der Waals surface area contributed by atoms with Crippen LogP contribution in [0.5, 0.6) is 11.5 Å². The van der Waals surface area contributed by atoms with Gasteiger partial charge in [0.25, 0.3) is 0 Å². The summed E-state index contributed by atoms with van der Waals surface area (Å²) in [4.78, 5) is 12.0. The molecule has 0 radical (unpaired) electrons. The van der Waals surface area contributed by atoms with E-state index in [9.17, 15) is 13.2 Å². The fourth-order valence-corrected chi connectivity index (χ4v) is 4.35. The number of amides is 1. The van der Waals surface area contributed by atoms with Gasteiger partial charge in [-0.05, 0) is 25.0 Å². The van der Waals surface area contributed by atoms with Gasteiger partial charge in [0.1, 0.15) is 13.2 Å². The summed E-state index contributed by atoms with van der Waals surface area (Å²) in [5.41, 5.74) is 0.569. The molecule has 0 aromatic heterocycles. The third-order valence-corrected chi connectivity index (χ3v) is 5.99. The Morgan fingerprint density at radius 3 is 2.54 bits per heavy atom. The Morgan fingerprint density at radius 2 is 1.79 bits per heavy atom. The quantitative estimate of drug-likeness (QED) is 0.868. The molecule has 2 aliphatic heterocycles. The lowest BCUT2D eigenvalue weighted by Gasteiger charge is -2.25. The first kappa shape index (κ1) is 17.0. The maximum atomic E-state index is 12.2. The normalized spacial score (nSPS) is 18.2. The van der Waals surface area contributed by atoms with Crippen molar-refractivity contribution in [2.24, 2.45) is 0 Å². The molecule has 0 spiro atoms. The minimum absolute atomic E-state index is 0.0622. The van der Waals surface area contributed by atoms with Crippen molar-refractivity contribution in [1.29, 1.82) is 0 Å². The Labute approximate surface area is 142 Å². The van der Waals surface area contributed by atoms with Gasteiger partial charge >= 0.3 is 0 Å². The molecule has 1 N–H and O–H groups in total. The van der Waals surface area contributed by atoms with Crippen LogP contribution in [0.4, 0.5) is 5.69 Å². The smallest absolute Gasteiger partial charge is 0.225 e. The van der Waals surface area contributed by atoms with Crippen molar-refractivity contribution in [3.63, 3.8) is 0 Å². The Kier molecular flexibility index (Phi) is 5.25. The first-order valence-corrected chi connectivity index (χ1v) is 9.83. The third kappa shape index (κ3) is 4.18. The van der Waals surface area contributed by atoms with Gasteiger partial charge in [-0.15, -0.1) is 0 Å². The van der Waals surface area contributed by atoms with Crippen molar-refractivity contribution in [3.05, 3.63) is 18.2 Å². The number of ether oxygens (including phenoxy) is 2. The lowest BCUT2D eigenvalue weighted by Crippen LogP contribution is -2.37. The second kappa shape index (κ2) is 7.40. The van der Waals surface area contributed by atoms with E-state index in [1.165, 1.54) is 4.31 Å². The molecule has 1 aromatic rings. The number of rotatable bonds is 5. The van der Waals surface area contributed by atoms with Crippen LogP contribution in [0.3, 0.4) is 0 Å². The predicted molar refractivity (Wildman–Crippen MR) is 89.9 cm³/mol. The number of piperidine rings is 1. The Balaban J connectivity index is 1.54. The number of hydrogen-bond acceptors (Lipinski definition) is 5. The molecule has 7 nitrogen and oxygen atoms in total. The highest BCUT2D eigenvalue weighted by Gasteiger charge is 2.24. The zero-order chi connectivity index (χ0) is 17.0. The van der Waals surface area contributed by atoms with Gasteiger partial charge in [0, 0.05) is 31.3 Å². The average molecular weight is 354 g/mol. The fraction of sp³-hybridized carbons (Fsp3) is 0.562. The van der Waals surface area contributed by atoms with Gasteiger partial charge in [-0.2, -0.15) is 0 Å². The maximum Gasteiger partial charge on any atom is 0.225 e. The number of carbonyl (C=O) groups excluding carboxylic acids is 1. The first-order chi connectivity index (χ1) is 11.5. The molecule has 2 heterocycles. The van der Waals surface area contributed by atoms with Crippen LogP contribution in [0.25, 0.3) is 0 Å². The zero-order valence-electron chi connectivity index (χ0n) is 13.5. The first-order valence-electron chi connectivity index (χ1n) is 8.22. The van der Waals surface area contributed by atoms with Crippen molar-refractivity contribution in [1.82, 2.24) is 4.31 Å². The average Bonchev–Trinajstić information content (AvgIpc) is 2.61. The molecule has 1 amide bonds. The van der Waals surface area contributed by atoms with E-state index in [-0.39, 0.29) is 18.1 Å². The number of anilines is 1. The van der Waals surface area contributed by atoms with Crippen molar-refractivity contribution >= 4 is 21.6 Å². The standard InChI is InChI=1S/C16H22N2O5S/c19-16(6-11-24(20,21)18-7-2-1-3-8-18)17-13-4-5-14-15(12-13)23-10-9-22-14/h4-5,12H,1-3,6-11H2,(H,17,19). The van der Waals surface area contributed by atoms with Gasteiger partial charge < -0.3 is 14.8 Å². The van der Waals surface area contributed by atoms with E-state index in [1.807, 2.05) is 0 Å². The predicted octanol–water partition coefficient (Wildman–Crippen LogP) is 1.60. The molecule has 24 heavy (non-hydrogen) atoms. The second-order valence-electron chi connectivity index (χ2n) is 5.93. The summed E-state index contributed by atoms with van der Waals surface area (Å²) in [5.74, 6) is 0.739. The van der Waals surface area contributed by atoms with Crippen molar-refractivity contribution in [2.75, 3.05) is 37.4 Å². The molecule has 0 atom stereocenters. The number of carbonyl (C=O) groups is 1. The molecule has 1 aromatic carbocycles.